The van der Waals surface area contributed by atoms with Crippen molar-refractivity contribution in [2.24, 2.45) is 5.92 Å². The Labute approximate surface area is 231 Å². The van der Waals surface area contributed by atoms with E-state index in [9.17, 15) is 9.59 Å². The molecule has 39 heavy (non-hydrogen) atoms. The van der Waals surface area contributed by atoms with Gasteiger partial charge in [0.1, 0.15) is 17.5 Å². The van der Waals surface area contributed by atoms with E-state index in [-0.39, 0.29) is 35.5 Å². The van der Waals surface area contributed by atoms with E-state index in [1.54, 1.807) is 20.3 Å². The molecule has 1 saturated carbocycles. The summed E-state index contributed by atoms with van der Waals surface area (Å²) in [5, 5.41) is 10.8. The van der Waals surface area contributed by atoms with Crippen LogP contribution in [0.15, 0.2) is 54.6 Å². The second kappa shape index (κ2) is 12.8. The van der Waals surface area contributed by atoms with Gasteiger partial charge in [-0.15, -0.1) is 0 Å². The quantitative estimate of drug-likeness (QED) is 0.335. The molecule has 1 aliphatic carbocycles. The third-order valence-electron chi connectivity index (χ3n) is 7.64. The van der Waals surface area contributed by atoms with Gasteiger partial charge in [0.05, 0.1) is 31.5 Å². The molecule has 1 heterocycles. The second-order valence-corrected chi connectivity index (χ2v) is 10.6. The van der Waals surface area contributed by atoms with Crippen LogP contribution in [0.5, 0.6) is 11.5 Å². The van der Waals surface area contributed by atoms with Gasteiger partial charge in [-0.25, -0.2) is 0 Å². The Morgan fingerprint density at radius 2 is 1.67 bits per heavy atom. The molecule has 1 aliphatic rings. The lowest BCUT2D eigenvalue weighted by Crippen LogP contribution is -2.51. The van der Waals surface area contributed by atoms with Crippen LogP contribution in [0.3, 0.4) is 0 Å². The van der Waals surface area contributed by atoms with E-state index in [0.717, 1.165) is 36.1 Å². The number of aryl methyl sites for hydroxylation is 1. The number of nitrogens with zero attached hydrogens (tertiary/aromatic N) is 2. The molecular formula is C31H40N4O4. The van der Waals surface area contributed by atoms with Crippen molar-refractivity contribution >= 4 is 11.8 Å². The molecule has 0 saturated heterocycles. The van der Waals surface area contributed by atoms with Gasteiger partial charge in [-0.3, -0.25) is 14.3 Å². The highest BCUT2D eigenvalue weighted by Gasteiger charge is 2.29. The van der Waals surface area contributed by atoms with Crippen molar-refractivity contribution in [2.75, 3.05) is 14.2 Å². The molecule has 0 radical (unpaired) electrons. The van der Waals surface area contributed by atoms with E-state index in [2.05, 4.69) is 31.4 Å². The molecule has 2 amide bonds. The average molecular weight is 533 g/mol. The molecule has 4 rings (SSSR count). The van der Waals surface area contributed by atoms with Crippen molar-refractivity contribution in [3.8, 4) is 22.8 Å². The molecule has 1 unspecified atom stereocenters. The molecular weight excluding hydrogens is 492 g/mol. The van der Waals surface area contributed by atoms with Gasteiger partial charge in [0.25, 0.3) is 5.91 Å². The minimum atomic E-state index is -0.671. The number of carbonyl (C=O) groups is 2. The molecule has 8 heteroatoms. The first-order valence-corrected chi connectivity index (χ1v) is 13.8. The number of benzene rings is 2. The number of aromatic nitrogens is 2. The van der Waals surface area contributed by atoms with Crippen LogP contribution in [-0.2, 0) is 11.2 Å². The number of amides is 2. The Hall–Kier alpha value is -3.81. The Kier molecular flexibility index (Phi) is 9.28. The molecule has 1 fully saturated rings. The zero-order valence-electron chi connectivity index (χ0n) is 23.6. The van der Waals surface area contributed by atoms with Gasteiger partial charge >= 0.3 is 0 Å². The van der Waals surface area contributed by atoms with Crippen LogP contribution in [0.2, 0.25) is 0 Å². The Balaban J connectivity index is 1.64. The molecule has 0 spiro atoms. The fourth-order valence-corrected chi connectivity index (χ4v) is 4.70. The number of hydrogen-bond donors (Lipinski definition) is 2. The summed E-state index contributed by atoms with van der Waals surface area (Å²) >= 11 is 0. The first kappa shape index (κ1) is 28.2. The fourth-order valence-electron chi connectivity index (χ4n) is 4.70. The summed E-state index contributed by atoms with van der Waals surface area (Å²) in [5.41, 5.74) is 2.81. The fraction of sp³-hybridized carbons (Fsp3) is 0.452. The van der Waals surface area contributed by atoms with Crippen LogP contribution in [0, 0.1) is 5.92 Å². The van der Waals surface area contributed by atoms with Gasteiger partial charge in [0.15, 0.2) is 5.69 Å². The van der Waals surface area contributed by atoms with Crippen LogP contribution in [0.25, 0.3) is 11.3 Å². The van der Waals surface area contributed by atoms with Gasteiger partial charge in [0, 0.05) is 6.04 Å². The summed E-state index contributed by atoms with van der Waals surface area (Å²) in [6.45, 7) is 6.29. The van der Waals surface area contributed by atoms with Crippen LogP contribution in [0.4, 0.5) is 0 Å². The van der Waals surface area contributed by atoms with E-state index >= 15 is 0 Å². The lowest BCUT2D eigenvalue weighted by molar-refractivity contribution is -0.124. The monoisotopic (exact) mass is 532 g/mol. The molecule has 8 nitrogen and oxygen atoms in total. The van der Waals surface area contributed by atoms with Crippen LogP contribution >= 0.6 is 0 Å². The van der Waals surface area contributed by atoms with Gasteiger partial charge in [-0.2, -0.15) is 5.10 Å². The number of rotatable bonds is 12. The smallest absolute Gasteiger partial charge is 0.272 e. The predicted molar refractivity (Wildman–Crippen MR) is 152 cm³/mol. The van der Waals surface area contributed by atoms with E-state index in [4.69, 9.17) is 14.6 Å². The molecule has 1 aromatic heterocycles. The molecule has 0 aliphatic heterocycles. The number of ether oxygens (including phenoxy) is 2. The molecule has 2 aromatic carbocycles. The second-order valence-electron chi connectivity index (χ2n) is 10.6. The third kappa shape index (κ3) is 6.61. The number of carbonyl (C=O) groups excluding carboxylic acids is 2. The SMILES string of the molecule is COc1cccc(OC)c1-c1cc(C(=O)N[C@@H](CCc2ccccc2)C(=O)NC2CCC2)nn1C(C)C(C)C. The van der Waals surface area contributed by atoms with E-state index in [0.29, 0.717) is 24.3 Å². The average Bonchev–Trinajstić information content (AvgIpc) is 3.37. The lowest BCUT2D eigenvalue weighted by atomic mass is 9.92. The van der Waals surface area contributed by atoms with E-state index in [1.165, 1.54) is 0 Å². The van der Waals surface area contributed by atoms with Gasteiger partial charge in [-0.1, -0.05) is 50.2 Å². The van der Waals surface area contributed by atoms with E-state index < -0.39 is 6.04 Å². The van der Waals surface area contributed by atoms with Crippen LogP contribution < -0.4 is 20.1 Å². The Bertz CT molecular complexity index is 1240. The lowest BCUT2D eigenvalue weighted by Gasteiger charge is -2.29. The summed E-state index contributed by atoms with van der Waals surface area (Å²) in [5.74, 6) is 0.970. The topological polar surface area (TPSA) is 94.5 Å². The minimum absolute atomic E-state index is 0.00744. The highest BCUT2D eigenvalue weighted by molar-refractivity contribution is 5.97. The zero-order valence-corrected chi connectivity index (χ0v) is 23.6. The summed E-state index contributed by atoms with van der Waals surface area (Å²) in [6, 6.07) is 16.8. The number of nitrogens with one attached hydrogen (secondary N) is 2. The van der Waals surface area contributed by atoms with Crippen LogP contribution in [0.1, 0.15) is 68.5 Å². The summed E-state index contributed by atoms with van der Waals surface area (Å²) < 4.78 is 13.2. The molecule has 2 atom stereocenters. The van der Waals surface area contributed by atoms with Crippen molar-refractivity contribution in [1.29, 1.82) is 0 Å². The van der Waals surface area contributed by atoms with Crippen molar-refractivity contribution in [3.05, 3.63) is 65.9 Å². The van der Waals surface area contributed by atoms with Gasteiger partial charge in [0.2, 0.25) is 5.91 Å². The maximum atomic E-state index is 13.6. The Morgan fingerprint density at radius 3 is 2.23 bits per heavy atom. The normalized spacial score (nSPS) is 14.8. The summed E-state index contributed by atoms with van der Waals surface area (Å²) in [4.78, 5) is 26.8. The maximum Gasteiger partial charge on any atom is 0.272 e. The zero-order chi connectivity index (χ0) is 27.9. The molecule has 3 aromatic rings. The first-order chi connectivity index (χ1) is 18.8. The van der Waals surface area contributed by atoms with E-state index in [1.807, 2.05) is 53.2 Å². The van der Waals surface area contributed by atoms with Crippen molar-refractivity contribution < 1.29 is 19.1 Å². The Morgan fingerprint density at radius 1 is 1.00 bits per heavy atom. The number of hydrogen-bond acceptors (Lipinski definition) is 5. The summed E-state index contributed by atoms with van der Waals surface area (Å²) in [7, 11) is 3.22. The predicted octanol–water partition coefficient (Wildman–Crippen LogP) is 5.18. The van der Waals surface area contributed by atoms with Crippen molar-refractivity contribution in [1.82, 2.24) is 20.4 Å². The minimum Gasteiger partial charge on any atom is -0.496 e. The molecule has 0 bridgehead atoms. The van der Waals surface area contributed by atoms with Crippen molar-refractivity contribution in [3.63, 3.8) is 0 Å². The highest BCUT2D eigenvalue weighted by atomic mass is 16.5. The van der Waals surface area contributed by atoms with Gasteiger partial charge < -0.3 is 20.1 Å². The highest BCUT2D eigenvalue weighted by Crippen LogP contribution is 2.40. The summed E-state index contributed by atoms with van der Waals surface area (Å²) in [6.07, 6.45) is 4.24. The standard InChI is InChI=1S/C31H40N4O4/c1-20(2)21(3)35-26(29-27(38-4)15-10-16-28(29)39-5)19-25(34-35)31(37)33-24(30(36)32-23-13-9-14-23)18-17-22-11-7-6-8-12-22/h6-8,10-12,15-16,19-21,23-24H,9,13-14,17-18H2,1-5H3,(H,32,36)(H,33,37)/t21?,24-/m0/s1. The van der Waals surface area contributed by atoms with Crippen LogP contribution in [-0.4, -0.2) is 47.9 Å². The third-order valence-corrected chi connectivity index (χ3v) is 7.64. The van der Waals surface area contributed by atoms with Crippen molar-refractivity contribution in [2.45, 2.75) is 71.0 Å². The van der Waals surface area contributed by atoms with Gasteiger partial charge in [-0.05, 0) is 68.7 Å². The largest absolute Gasteiger partial charge is 0.496 e. The molecule has 2 N–H and O–H groups in total. The maximum absolute atomic E-state index is 13.6. The molecule has 208 valence electrons. The number of methoxy groups -OCH3 is 2. The first-order valence-electron chi connectivity index (χ1n) is 13.8.